The van der Waals surface area contributed by atoms with E-state index in [1.807, 2.05) is 6.20 Å². The minimum Gasteiger partial charge on any atom is -0.378 e. The van der Waals surface area contributed by atoms with Crippen molar-refractivity contribution in [2.24, 2.45) is 0 Å². The Morgan fingerprint density at radius 1 is 1.33 bits per heavy atom. The molecule has 1 fully saturated rings. The standard InChI is InChI=1S/C17H23N3O/c1-14-12-18-19-17(14)16-13-21-11-10-20(16)9-5-8-15-6-3-2-4-7-15/h2-4,6-7,12,16H,5,8-11,13H2,1H3,(H,18,19). The average Bonchev–Trinajstić information content (AvgIpc) is 2.95. The number of aryl methyl sites for hydroxylation is 2. The second-order valence-corrected chi connectivity index (χ2v) is 5.68. The van der Waals surface area contributed by atoms with Gasteiger partial charge in [0.15, 0.2) is 0 Å². The monoisotopic (exact) mass is 285 g/mol. The molecule has 4 heteroatoms. The predicted molar refractivity (Wildman–Crippen MR) is 83.2 cm³/mol. The third-order valence-corrected chi connectivity index (χ3v) is 4.19. The Balaban J connectivity index is 1.59. The van der Waals surface area contributed by atoms with Crippen LogP contribution in [-0.2, 0) is 11.2 Å². The fourth-order valence-corrected chi connectivity index (χ4v) is 3.00. The zero-order chi connectivity index (χ0) is 14.5. The van der Waals surface area contributed by atoms with Crippen molar-refractivity contribution >= 4 is 0 Å². The highest BCUT2D eigenvalue weighted by atomic mass is 16.5. The van der Waals surface area contributed by atoms with Gasteiger partial charge >= 0.3 is 0 Å². The first-order valence-corrected chi connectivity index (χ1v) is 7.70. The summed E-state index contributed by atoms with van der Waals surface area (Å²) < 4.78 is 5.67. The molecule has 1 unspecified atom stereocenters. The lowest BCUT2D eigenvalue weighted by atomic mass is 10.1. The summed E-state index contributed by atoms with van der Waals surface area (Å²) in [5.41, 5.74) is 3.84. The summed E-state index contributed by atoms with van der Waals surface area (Å²) in [5, 5.41) is 7.29. The maximum atomic E-state index is 5.67. The number of hydrogen-bond donors (Lipinski definition) is 1. The van der Waals surface area contributed by atoms with Crippen LogP contribution in [0.1, 0.15) is 29.3 Å². The summed E-state index contributed by atoms with van der Waals surface area (Å²) in [6.45, 7) is 5.79. The molecular formula is C17H23N3O. The maximum absolute atomic E-state index is 5.67. The third kappa shape index (κ3) is 3.52. The van der Waals surface area contributed by atoms with Gasteiger partial charge in [-0.2, -0.15) is 5.10 Å². The van der Waals surface area contributed by atoms with E-state index in [0.29, 0.717) is 6.04 Å². The van der Waals surface area contributed by atoms with Gasteiger partial charge in [0.2, 0.25) is 0 Å². The molecule has 0 saturated carbocycles. The van der Waals surface area contributed by atoms with Crippen LogP contribution in [-0.4, -0.2) is 41.4 Å². The molecular weight excluding hydrogens is 262 g/mol. The molecule has 1 N–H and O–H groups in total. The second-order valence-electron chi connectivity index (χ2n) is 5.68. The summed E-state index contributed by atoms with van der Waals surface area (Å²) in [5.74, 6) is 0. The van der Waals surface area contributed by atoms with Crippen molar-refractivity contribution in [2.45, 2.75) is 25.8 Å². The lowest BCUT2D eigenvalue weighted by Crippen LogP contribution is -2.40. The first-order chi connectivity index (χ1) is 10.3. The van der Waals surface area contributed by atoms with Crippen LogP contribution in [0.4, 0.5) is 0 Å². The number of nitrogens with one attached hydrogen (secondary N) is 1. The fraction of sp³-hybridized carbons (Fsp3) is 0.471. The SMILES string of the molecule is Cc1cn[nH]c1C1COCCN1CCCc1ccccc1. The number of aromatic amines is 1. The lowest BCUT2D eigenvalue weighted by Gasteiger charge is -2.35. The normalized spacial score (nSPS) is 19.8. The highest BCUT2D eigenvalue weighted by Gasteiger charge is 2.26. The number of benzene rings is 1. The van der Waals surface area contributed by atoms with E-state index in [1.54, 1.807) is 0 Å². The highest BCUT2D eigenvalue weighted by molar-refractivity contribution is 5.19. The van der Waals surface area contributed by atoms with Crippen LogP contribution in [0.3, 0.4) is 0 Å². The average molecular weight is 285 g/mol. The zero-order valence-corrected chi connectivity index (χ0v) is 12.6. The van der Waals surface area contributed by atoms with Crippen LogP contribution >= 0.6 is 0 Å². The molecule has 21 heavy (non-hydrogen) atoms. The van der Waals surface area contributed by atoms with Gasteiger partial charge in [-0.05, 0) is 37.4 Å². The van der Waals surface area contributed by atoms with E-state index in [0.717, 1.165) is 32.7 Å². The largest absolute Gasteiger partial charge is 0.378 e. The van der Waals surface area contributed by atoms with Crippen molar-refractivity contribution < 1.29 is 4.74 Å². The molecule has 0 amide bonds. The smallest absolute Gasteiger partial charge is 0.0755 e. The Labute approximate surface area is 126 Å². The summed E-state index contributed by atoms with van der Waals surface area (Å²) in [4.78, 5) is 2.52. The van der Waals surface area contributed by atoms with Gasteiger partial charge in [-0.15, -0.1) is 0 Å². The molecule has 0 bridgehead atoms. The van der Waals surface area contributed by atoms with E-state index >= 15 is 0 Å². The minimum atomic E-state index is 0.317. The lowest BCUT2D eigenvalue weighted by molar-refractivity contribution is -0.0106. The molecule has 1 saturated heterocycles. The molecule has 1 aliphatic heterocycles. The number of ether oxygens (including phenoxy) is 1. The Bertz CT molecular complexity index is 552. The molecule has 0 radical (unpaired) electrons. The van der Waals surface area contributed by atoms with Crippen molar-refractivity contribution in [1.82, 2.24) is 15.1 Å². The summed E-state index contributed by atoms with van der Waals surface area (Å²) in [6, 6.07) is 11.0. The summed E-state index contributed by atoms with van der Waals surface area (Å²) >= 11 is 0. The van der Waals surface area contributed by atoms with Gasteiger partial charge in [-0.25, -0.2) is 0 Å². The van der Waals surface area contributed by atoms with Gasteiger partial charge < -0.3 is 4.74 Å². The zero-order valence-electron chi connectivity index (χ0n) is 12.6. The molecule has 1 aromatic carbocycles. The molecule has 112 valence electrons. The molecule has 0 spiro atoms. The van der Waals surface area contributed by atoms with Gasteiger partial charge in [-0.3, -0.25) is 10.00 Å². The number of morpholine rings is 1. The Morgan fingerprint density at radius 2 is 2.19 bits per heavy atom. The van der Waals surface area contributed by atoms with E-state index in [9.17, 15) is 0 Å². The molecule has 1 atom stereocenters. The number of nitrogens with zero attached hydrogens (tertiary/aromatic N) is 2. The van der Waals surface area contributed by atoms with Crippen molar-refractivity contribution in [3.63, 3.8) is 0 Å². The molecule has 2 aromatic rings. The van der Waals surface area contributed by atoms with Crippen molar-refractivity contribution in [3.8, 4) is 0 Å². The van der Waals surface area contributed by atoms with Gasteiger partial charge in [0.25, 0.3) is 0 Å². The Hall–Kier alpha value is -1.65. The van der Waals surface area contributed by atoms with Crippen LogP contribution in [0.5, 0.6) is 0 Å². The third-order valence-electron chi connectivity index (χ3n) is 4.19. The number of aromatic nitrogens is 2. The van der Waals surface area contributed by atoms with E-state index in [4.69, 9.17) is 4.74 Å². The summed E-state index contributed by atoms with van der Waals surface area (Å²) in [6.07, 6.45) is 4.20. The van der Waals surface area contributed by atoms with Crippen molar-refractivity contribution in [2.75, 3.05) is 26.3 Å². The van der Waals surface area contributed by atoms with Gasteiger partial charge in [0.1, 0.15) is 0 Å². The fourth-order valence-electron chi connectivity index (χ4n) is 3.00. The first-order valence-electron chi connectivity index (χ1n) is 7.70. The van der Waals surface area contributed by atoms with Gasteiger partial charge in [0.05, 0.1) is 31.1 Å². The van der Waals surface area contributed by atoms with Crippen LogP contribution in [0.25, 0.3) is 0 Å². The Kier molecular flexibility index (Phi) is 4.68. The van der Waals surface area contributed by atoms with Crippen LogP contribution in [0.15, 0.2) is 36.5 Å². The molecule has 0 aliphatic carbocycles. The molecule has 1 aliphatic rings. The number of hydrogen-bond acceptors (Lipinski definition) is 3. The van der Waals surface area contributed by atoms with Crippen LogP contribution in [0.2, 0.25) is 0 Å². The van der Waals surface area contributed by atoms with Crippen LogP contribution < -0.4 is 0 Å². The topological polar surface area (TPSA) is 41.1 Å². The Morgan fingerprint density at radius 3 is 2.95 bits per heavy atom. The maximum Gasteiger partial charge on any atom is 0.0755 e. The predicted octanol–water partition coefficient (Wildman–Crippen LogP) is 2.72. The molecule has 4 nitrogen and oxygen atoms in total. The number of rotatable bonds is 5. The molecule has 3 rings (SSSR count). The quantitative estimate of drug-likeness (QED) is 0.918. The highest BCUT2D eigenvalue weighted by Crippen LogP contribution is 2.25. The van der Waals surface area contributed by atoms with Crippen molar-refractivity contribution in [1.29, 1.82) is 0 Å². The molecule has 1 aromatic heterocycles. The minimum absolute atomic E-state index is 0.317. The second kappa shape index (κ2) is 6.87. The van der Waals surface area contributed by atoms with E-state index in [-0.39, 0.29) is 0 Å². The van der Waals surface area contributed by atoms with Crippen LogP contribution in [0, 0.1) is 6.92 Å². The van der Waals surface area contributed by atoms with E-state index in [1.165, 1.54) is 23.2 Å². The van der Waals surface area contributed by atoms with E-state index < -0.39 is 0 Å². The van der Waals surface area contributed by atoms with E-state index in [2.05, 4.69) is 52.4 Å². The molecule has 2 heterocycles. The first kappa shape index (κ1) is 14.3. The van der Waals surface area contributed by atoms with Gasteiger partial charge in [0, 0.05) is 6.54 Å². The summed E-state index contributed by atoms with van der Waals surface area (Å²) in [7, 11) is 0. The number of H-pyrrole nitrogens is 1. The van der Waals surface area contributed by atoms with Gasteiger partial charge in [-0.1, -0.05) is 30.3 Å². The van der Waals surface area contributed by atoms with Crippen molar-refractivity contribution in [3.05, 3.63) is 53.3 Å².